The van der Waals surface area contributed by atoms with Crippen molar-refractivity contribution in [1.82, 2.24) is 5.32 Å². The Labute approximate surface area is 141 Å². The molecule has 24 heavy (non-hydrogen) atoms. The van der Waals surface area contributed by atoms with Gasteiger partial charge in [0, 0.05) is 18.3 Å². The SMILES string of the molecule is CC1Cc2ccccc2N1C(=O)CNCc1ccc2c(c1)OCO2. The number of para-hydroxylation sites is 1. The molecule has 4 rings (SSSR count). The summed E-state index contributed by atoms with van der Waals surface area (Å²) < 4.78 is 10.7. The Morgan fingerprint density at radius 1 is 1.21 bits per heavy atom. The van der Waals surface area contributed by atoms with Crippen LogP contribution >= 0.6 is 0 Å². The number of anilines is 1. The standard InChI is InChI=1S/C19H20N2O3/c1-13-8-15-4-2-3-5-16(15)21(13)19(22)11-20-10-14-6-7-17-18(9-14)24-12-23-17/h2-7,9,13,20H,8,10-12H2,1H3. The predicted molar refractivity (Wildman–Crippen MR) is 91.4 cm³/mol. The van der Waals surface area contributed by atoms with Gasteiger partial charge in [0.1, 0.15) is 0 Å². The van der Waals surface area contributed by atoms with Crippen molar-refractivity contribution < 1.29 is 14.3 Å². The number of carbonyl (C=O) groups is 1. The molecule has 1 amide bonds. The Kier molecular flexibility index (Phi) is 3.86. The van der Waals surface area contributed by atoms with Crippen molar-refractivity contribution in [2.75, 3.05) is 18.2 Å². The maximum absolute atomic E-state index is 12.6. The zero-order valence-electron chi connectivity index (χ0n) is 13.6. The number of fused-ring (bicyclic) bond motifs is 2. The summed E-state index contributed by atoms with van der Waals surface area (Å²) >= 11 is 0. The van der Waals surface area contributed by atoms with Gasteiger partial charge in [-0.3, -0.25) is 4.79 Å². The molecule has 0 saturated carbocycles. The number of amides is 1. The van der Waals surface area contributed by atoms with Gasteiger partial charge < -0.3 is 19.7 Å². The third-order valence-corrected chi connectivity index (χ3v) is 4.52. The van der Waals surface area contributed by atoms with Crippen molar-refractivity contribution in [3.8, 4) is 11.5 Å². The van der Waals surface area contributed by atoms with E-state index in [0.29, 0.717) is 13.1 Å². The van der Waals surface area contributed by atoms with E-state index in [9.17, 15) is 4.79 Å². The predicted octanol–water partition coefficient (Wildman–Crippen LogP) is 2.48. The number of nitrogens with zero attached hydrogens (tertiary/aromatic N) is 1. The van der Waals surface area contributed by atoms with Crippen LogP contribution in [0, 0.1) is 0 Å². The van der Waals surface area contributed by atoms with Crippen LogP contribution in [0.3, 0.4) is 0 Å². The first-order chi connectivity index (χ1) is 11.7. The maximum Gasteiger partial charge on any atom is 0.241 e. The van der Waals surface area contributed by atoms with Gasteiger partial charge in [-0.05, 0) is 42.7 Å². The van der Waals surface area contributed by atoms with Crippen LogP contribution in [0.4, 0.5) is 5.69 Å². The van der Waals surface area contributed by atoms with Crippen molar-refractivity contribution in [1.29, 1.82) is 0 Å². The Hall–Kier alpha value is -2.53. The van der Waals surface area contributed by atoms with Crippen LogP contribution in [-0.4, -0.2) is 25.3 Å². The summed E-state index contributed by atoms with van der Waals surface area (Å²) in [6.07, 6.45) is 0.921. The average molecular weight is 324 g/mol. The van der Waals surface area contributed by atoms with Gasteiger partial charge in [-0.1, -0.05) is 24.3 Å². The lowest BCUT2D eigenvalue weighted by atomic mass is 10.1. The van der Waals surface area contributed by atoms with Crippen LogP contribution in [0.2, 0.25) is 0 Å². The minimum atomic E-state index is 0.105. The Bertz CT molecular complexity index is 775. The van der Waals surface area contributed by atoms with Crippen molar-refractivity contribution in [2.45, 2.75) is 25.9 Å². The molecule has 2 aliphatic rings. The summed E-state index contributed by atoms with van der Waals surface area (Å²) in [6, 6.07) is 14.2. The van der Waals surface area contributed by atoms with Crippen molar-refractivity contribution in [3.63, 3.8) is 0 Å². The first-order valence-electron chi connectivity index (χ1n) is 8.21. The molecule has 2 aliphatic heterocycles. The summed E-state index contributed by atoms with van der Waals surface area (Å²) in [5, 5.41) is 3.23. The van der Waals surface area contributed by atoms with Crippen LogP contribution in [0.1, 0.15) is 18.1 Å². The van der Waals surface area contributed by atoms with Gasteiger partial charge in [0.15, 0.2) is 11.5 Å². The second-order valence-electron chi connectivity index (χ2n) is 6.24. The highest BCUT2D eigenvalue weighted by molar-refractivity contribution is 5.97. The summed E-state index contributed by atoms with van der Waals surface area (Å²) in [7, 11) is 0. The summed E-state index contributed by atoms with van der Waals surface area (Å²) in [5.41, 5.74) is 3.36. The van der Waals surface area contributed by atoms with Gasteiger partial charge in [0.05, 0.1) is 6.54 Å². The van der Waals surface area contributed by atoms with Crippen LogP contribution in [0.5, 0.6) is 11.5 Å². The second kappa shape index (κ2) is 6.17. The molecule has 1 atom stereocenters. The lowest BCUT2D eigenvalue weighted by Crippen LogP contribution is -2.41. The van der Waals surface area contributed by atoms with E-state index in [1.54, 1.807) is 0 Å². The van der Waals surface area contributed by atoms with E-state index >= 15 is 0 Å². The minimum absolute atomic E-state index is 0.105. The summed E-state index contributed by atoms with van der Waals surface area (Å²) in [5.74, 6) is 1.65. The Morgan fingerprint density at radius 3 is 2.96 bits per heavy atom. The zero-order valence-corrected chi connectivity index (χ0v) is 13.6. The number of hydrogen-bond donors (Lipinski definition) is 1. The molecule has 5 heteroatoms. The number of carbonyl (C=O) groups excluding carboxylic acids is 1. The zero-order chi connectivity index (χ0) is 16.5. The highest BCUT2D eigenvalue weighted by Crippen LogP contribution is 2.33. The third-order valence-electron chi connectivity index (χ3n) is 4.52. The molecule has 0 radical (unpaired) electrons. The molecule has 0 bridgehead atoms. The van der Waals surface area contributed by atoms with Crippen LogP contribution in [-0.2, 0) is 17.8 Å². The van der Waals surface area contributed by atoms with Crippen LogP contribution in [0.25, 0.3) is 0 Å². The molecule has 0 saturated heterocycles. The van der Waals surface area contributed by atoms with Gasteiger partial charge in [0.25, 0.3) is 0 Å². The first kappa shape index (κ1) is 15.0. The quantitative estimate of drug-likeness (QED) is 0.939. The highest BCUT2D eigenvalue weighted by atomic mass is 16.7. The van der Waals surface area contributed by atoms with Crippen molar-refractivity contribution in [2.24, 2.45) is 0 Å². The number of rotatable bonds is 4. The molecule has 2 aromatic rings. The number of benzene rings is 2. The van der Waals surface area contributed by atoms with Crippen molar-refractivity contribution in [3.05, 3.63) is 53.6 Å². The minimum Gasteiger partial charge on any atom is -0.454 e. The van der Waals surface area contributed by atoms with Gasteiger partial charge in [-0.2, -0.15) is 0 Å². The lowest BCUT2D eigenvalue weighted by molar-refractivity contribution is -0.118. The molecule has 0 aliphatic carbocycles. The summed E-state index contributed by atoms with van der Waals surface area (Å²) in [4.78, 5) is 14.5. The number of nitrogens with one attached hydrogen (secondary N) is 1. The average Bonchev–Trinajstić information content (AvgIpc) is 3.17. The van der Waals surface area contributed by atoms with E-state index in [-0.39, 0.29) is 18.7 Å². The topological polar surface area (TPSA) is 50.8 Å². The fraction of sp³-hybridized carbons (Fsp3) is 0.316. The molecule has 5 nitrogen and oxygen atoms in total. The van der Waals surface area contributed by atoms with E-state index in [1.807, 2.05) is 41.3 Å². The Morgan fingerprint density at radius 2 is 2.04 bits per heavy atom. The molecule has 124 valence electrons. The monoisotopic (exact) mass is 324 g/mol. The van der Waals surface area contributed by atoms with Crippen molar-refractivity contribution >= 4 is 11.6 Å². The Balaban J connectivity index is 1.37. The molecule has 0 fully saturated rings. The molecule has 1 unspecified atom stereocenters. The largest absolute Gasteiger partial charge is 0.454 e. The molecule has 0 spiro atoms. The van der Waals surface area contributed by atoms with Crippen LogP contribution < -0.4 is 19.7 Å². The number of ether oxygens (including phenoxy) is 2. The first-order valence-corrected chi connectivity index (χ1v) is 8.21. The molecule has 2 heterocycles. The lowest BCUT2D eigenvalue weighted by Gasteiger charge is -2.23. The maximum atomic E-state index is 12.6. The normalized spacial score (nSPS) is 17.9. The summed E-state index contributed by atoms with van der Waals surface area (Å²) in [6.45, 7) is 3.30. The van der Waals surface area contributed by atoms with Gasteiger partial charge in [0.2, 0.25) is 12.7 Å². The fourth-order valence-electron chi connectivity index (χ4n) is 3.40. The van der Waals surface area contributed by atoms with E-state index in [4.69, 9.17) is 9.47 Å². The van der Waals surface area contributed by atoms with E-state index in [1.165, 1.54) is 5.56 Å². The third kappa shape index (κ3) is 2.71. The smallest absolute Gasteiger partial charge is 0.241 e. The van der Waals surface area contributed by atoms with Gasteiger partial charge in [-0.15, -0.1) is 0 Å². The molecule has 0 aromatic heterocycles. The molecular weight excluding hydrogens is 304 g/mol. The van der Waals surface area contributed by atoms with E-state index in [0.717, 1.165) is 29.2 Å². The van der Waals surface area contributed by atoms with Gasteiger partial charge in [-0.25, -0.2) is 0 Å². The molecule has 2 aromatic carbocycles. The molecular formula is C19H20N2O3. The van der Waals surface area contributed by atoms with Gasteiger partial charge >= 0.3 is 0 Å². The van der Waals surface area contributed by atoms with E-state index < -0.39 is 0 Å². The van der Waals surface area contributed by atoms with E-state index in [2.05, 4.69) is 18.3 Å². The van der Waals surface area contributed by atoms with Crippen LogP contribution in [0.15, 0.2) is 42.5 Å². The molecule has 1 N–H and O–H groups in total. The highest BCUT2D eigenvalue weighted by Gasteiger charge is 2.29. The number of hydrogen-bond acceptors (Lipinski definition) is 4. The fourth-order valence-corrected chi connectivity index (χ4v) is 3.40. The second-order valence-corrected chi connectivity index (χ2v) is 6.24.